The number of hydrogen-bond donors (Lipinski definition) is 0. The van der Waals surface area contributed by atoms with Gasteiger partial charge in [0.15, 0.2) is 0 Å². The average molecular weight is 346 g/mol. The second-order valence-corrected chi connectivity index (χ2v) is 7.92. The highest BCUT2D eigenvalue weighted by atomic mass is 32.2. The Morgan fingerprint density at radius 1 is 1.08 bits per heavy atom. The second-order valence-electron chi connectivity index (χ2n) is 6.28. The van der Waals surface area contributed by atoms with Gasteiger partial charge in [0.1, 0.15) is 12.4 Å². The van der Waals surface area contributed by atoms with Gasteiger partial charge in [0.05, 0.1) is 12.9 Å². The van der Waals surface area contributed by atoms with Crippen molar-refractivity contribution in [2.24, 2.45) is 5.92 Å². The summed E-state index contributed by atoms with van der Waals surface area (Å²) < 4.78 is 33.5. The minimum atomic E-state index is -3.42. The van der Waals surface area contributed by atoms with Crippen molar-refractivity contribution in [3.05, 3.63) is 65.7 Å². The molecule has 128 valence electrons. The molecule has 24 heavy (non-hydrogen) atoms. The normalized spacial score (nSPS) is 15.9. The maximum Gasteiger partial charge on any atom is 0.264 e. The quantitative estimate of drug-likeness (QED) is 0.683. The van der Waals surface area contributed by atoms with Crippen molar-refractivity contribution in [1.29, 1.82) is 0 Å². The van der Waals surface area contributed by atoms with E-state index >= 15 is 0 Å². The summed E-state index contributed by atoms with van der Waals surface area (Å²) in [6.45, 7) is 0.712. The van der Waals surface area contributed by atoms with Gasteiger partial charge in [-0.05, 0) is 42.0 Å². The number of rotatable bonds is 8. The molecule has 2 aromatic rings. The van der Waals surface area contributed by atoms with E-state index in [0.29, 0.717) is 12.5 Å². The number of ether oxygens (including phenoxy) is 1. The highest BCUT2D eigenvalue weighted by Crippen LogP contribution is 2.43. The zero-order valence-corrected chi connectivity index (χ0v) is 14.5. The summed E-state index contributed by atoms with van der Waals surface area (Å²) in [6.07, 6.45) is 3.33. The first-order chi connectivity index (χ1) is 11.5. The van der Waals surface area contributed by atoms with Crippen LogP contribution in [0.15, 0.2) is 54.6 Å². The predicted octanol–water partition coefficient (Wildman–Crippen LogP) is 3.74. The van der Waals surface area contributed by atoms with Crippen LogP contribution in [0.5, 0.6) is 5.75 Å². The Hall–Kier alpha value is -1.85. The van der Waals surface area contributed by atoms with E-state index in [1.54, 1.807) is 0 Å². The first kappa shape index (κ1) is 17.0. The molecule has 0 N–H and O–H groups in total. The van der Waals surface area contributed by atoms with Crippen LogP contribution < -0.4 is 4.74 Å². The first-order valence-electron chi connectivity index (χ1n) is 8.12. The van der Waals surface area contributed by atoms with Gasteiger partial charge in [-0.2, -0.15) is 8.42 Å². The largest absolute Gasteiger partial charge is 0.489 e. The molecule has 0 aliphatic heterocycles. The van der Waals surface area contributed by atoms with E-state index in [-0.39, 0.29) is 12.5 Å². The van der Waals surface area contributed by atoms with E-state index in [4.69, 9.17) is 8.92 Å². The highest BCUT2D eigenvalue weighted by Gasteiger charge is 2.33. The smallest absolute Gasteiger partial charge is 0.264 e. The molecule has 1 atom stereocenters. The SMILES string of the molecule is CS(=O)(=O)OCC(c1cccc(OCc2ccccc2)c1)C1CC1. The van der Waals surface area contributed by atoms with Crippen molar-refractivity contribution in [3.63, 3.8) is 0 Å². The van der Waals surface area contributed by atoms with Crippen LogP contribution in [0.4, 0.5) is 0 Å². The average Bonchev–Trinajstić information content (AvgIpc) is 3.38. The van der Waals surface area contributed by atoms with Crippen LogP contribution in [0.1, 0.15) is 29.9 Å². The van der Waals surface area contributed by atoms with E-state index in [9.17, 15) is 8.42 Å². The first-order valence-corrected chi connectivity index (χ1v) is 9.94. The van der Waals surface area contributed by atoms with Crippen LogP contribution in [0.2, 0.25) is 0 Å². The lowest BCUT2D eigenvalue weighted by Crippen LogP contribution is -2.14. The molecule has 4 nitrogen and oxygen atoms in total. The Labute approximate surface area is 143 Å². The molecule has 2 aromatic carbocycles. The van der Waals surface area contributed by atoms with Gasteiger partial charge in [0.25, 0.3) is 10.1 Å². The summed E-state index contributed by atoms with van der Waals surface area (Å²) in [5.74, 6) is 1.39. The van der Waals surface area contributed by atoms with Crippen LogP contribution >= 0.6 is 0 Å². The van der Waals surface area contributed by atoms with Crippen LogP contribution in [-0.2, 0) is 20.9 Å². The summed E-state index contributed by atoms with van der Waals surface area (Å²) in [5.41, 5.74) is 2.19. The summed E-state index contributed by atoms with van der Waals surface area (Å²) >= 11 is 0. The molecular weight excluding hydrogens is 324 g/mol. The molecule has 1 unspecified atom stereocenters. The van der Waals surface area contributed by atoms with Crippen LogP contribution in [0, 0.1) is 5.92 Å². The zero-order chi connectivity index (χ0) is 17.0. The molecule has 0 heterocycles. The highest BCUT2D eigenvalue weighted by molar-refractivity contribution is 7.85. The molecule has 1 fully saturated rings. The van der Waals surface area contributed by atoms with Gasteiger partial charge in [0, 0.05) is 5.92 Å². The van der Waals surface area contributed by atoms with Gasteiger partial charge < -0.3 is 4.74 Å². The maximum absolute atomic E-state index is 11.3. The van der Waals surface area contributed by atoms with Gasteiger partial charge in [0.2, 0.25) is 0 Å². The van der Waals surface area contributed by atoms with Crippen molar-refractivity contribution in [2.75, 3.05) is 12.9 Å². The van der Waals surface area contributed by atoms with E-state index in [0.717, 1.165) is 36.0 Å². The van der Waals surface area contributed by atoms with E-state index in [1.165, 1.54) is 0 Å². The summed E-state index contributed by atoms with van der Waals surface area (Å²) in [5, 5.41) is 0. The predicted molar refractivity (Wildman–Crippen MR) is 93.5 cm³/mol. The molecule has 0 aromatic heterocycles. The van der Waals surface area contributed by atoms with Crippen molar-refractivity contribution in [2.45, 2.75) is 25.4 Å². The Bertz CT molecular complexity index is 767. The Morgan fingerprint density at radius 2 is 1.83 bits per heavy atom. The fraction of sp³-hybridized carbons (Fsp3) is 0.368. The minimum absolute atomic E-state index is 0.0972. The maximum atomic E-state index is 11.3. The Kier molecular flexibility index (Phi) is 5.21. The molecule has 0 radical (unpaired) electrons. The number of benzene rings is 2. The lowest BCUT2D eigenvalue weighted by atomic mass is 9.95. The van der Waals surface area contributed by atoms with E-state index in [2.05, 4.69) is 0 Å². The van der Waals surface area contributed by atoms with Gasteiger partial charge in [-0.1, -0.05) is 42.5 Å². The second kappa shape index (κ2) is 7.36. The van der Waals surface area contributed by atoms with Gasteiger partial charge in [-0.3, -0.25) is 4.18 Å². The Balaban J connectivity index is 1.68. The van der Waals surface area contributed by atoms with Crippen LogP contribution in [0.25, 0.3) is 0 Å². The molecule has 0 bridgehead atoms. The molecular formula is C19H22O4S. The molecule has 1 saturated carbocycles. The summed E-state index contributed by atoms with van der Waals surface area (Å²) in [6, 6.07) is 17.9. The third-order valence-electron chi connectivity index (χ3n) is 4.19. The minimum Gasteiger partial charge on any atom is -0.489 e. The lowest BCUT2D eigenvalue weighted by Gasteiger charge is -2.17. The molecule has 5 heteroatoms. The lowest BCUT2D eigenvalue weighted by molar-refractivity contribution is 0.280. The van der Waals surface area contributed by atoms with Crippen LogP contribution in [0.3, 0.4) is 0 Å². The fourth-order valence-electron chi connectivity index (χ4n) is 2.78. The van der Waals surface area contributed by atoms with Crippen molar-refractivity contribution in [3.8, 4) is 5.75 Å². The number of hydrogen-bond acceptors (Lipinski definition) is 4. The van der Waals surface area contributed by atoms with Gasteiger partial charge >= 0.3 is 0 Å². The van der Waals surface area contributed by atoms with Crippen molar-refractivity contribution < 1.29 is 17.3 Å². The third kappa shape index (κ3) is 5.08. The summed E-state index contributed by atoms with van der Waals surface area (Å²) in [7, 11) is -3.42. The molecule has 3 rings (SSSR count). The molecule has 1 aliphatic rings. The zero-order valence-electron chi connectivity index (χ0n) is 13.7. The molecule has 0 spiro atoms. The third-order valence-corrected chi connectivity index (χ3v) is 4.75. The van der Waals surface area contributed by atoms with Crippen molar-refractivity contribution >= 4 is 10.1 Å². The fourth-order valence-corrected chi connectivity index (χ4v) is 3.17. The van der Waals surface area contributed by atoms with E-state index in [1.807, 2.05) is 54.6 Å². The monoisotopic (exact) mass is 346 g/mol. The summed E-state index contributed by atoms with van der Waals surface area (Å²) in [4.78, 5) is 0. The van der Waals surface area contributed by atoms with Gasteiger partial charge in [-0.25, -0.2) is 0 Å². The Morgan fingerprint density at radius 3 is 2.50 bits per heavy atom. The van der Waals surface area contributed by atoms with Gasteiger partial charge in [-0.15, -0.1) is 0 Å². The topological polar surface area (TPSA) is 52.6 Å². The molecule has 0 saturated heterocycles. The standard InChI is InChI=1S/C19H22O4S/c1-24(20,21)23-14-19(16-10-11-16)17-8-5-9-18(12-17)22-13-15-6-3-2-4-7-15/h2-9,12,16,19H,10-11,13-14H2,1H3. The molecule has 0 amide bonds. The molecule has 1 aliphatic carbocycles. The van der Waals surface area contributed by atoms with Crippen LogP contribution in [-0.4, -0.2) is 21.3 Å². The van der Waals surface area contributed by atoms with Crippen molar-refractivity contribution in [1.82, 2.24) is 0 Å². The van der Waals surface area contributed by atoms with E-state index < -0.39 is 10.1 Å².